The molecule has 3 rings (SSSR count). The van der Waals surface area contributed by atoms with Gasteiger partial charge in [0.1, 0.15) is 18.1 Å². The minimum Gasteiger partial charge on any atom is -0.467 e. The molecule has 244 valence electrons. The first-order valence-electron chi connectivity index (χ1n) is 15.3. The molecule has 0 saturated carbocycles. The van der Waals surface area contributed by atoms with E-state index in [1.807, 2.05) is 25.1 Å². The number of benzene rings is 2. The number of fused-ring (bicyclic) bond motifs is 3. The molecule has 0 aliphatic carbocycles. The highest BCUT2D eigenvalue weighted by Gasteiger charge is 2.29. The molecule has 12 nitrogen and oxygen atoms in total. The number of H-pyrrole nitrogens is 1. The van der Waals surface area contributed by atoms with Crippen LogP contribution < -0.4 is 26.1 Å². The summed E-state index contributed by atoms with van der Waals surface area (Å²) in [4.78, 5) is 57.0. The molecule has 0 bridgehead atoms. The third-order valence-electron chi connectivity index (χ3n) is 7.48. The predicted octanol–water partition coefficient (Wildman–Crippen LogP) is 3.31. The number of hydrogen-bond acceptors (Lipinski definition) is 6. The van der Waals surface area contributed by atoms with Crippen molar-refractivity contribution in [1.29, 1.82) is 5.41 Å². The van der Waals surface area contributed by atoms with Crippen molar-refractivity contribution in [2.45, 2.75) is 83.8 Å². The molecule has 1 heterocycles. The lowest BCUT2D eigenvalue weighted by Crippen LogP contribution is -2.56. The van der Waals surface area contributed by atoms with E-state index in [1.54, 1.807) is 0 Å². The van der Waals surface area contributed by atoms with Crippen LogP contribution >= 0.6 is 11.8 Å². The summed E-state index contributed by atoms with van der Waals surface area (Å²) in [7, 11) is 1.25. The number of carbonyl (C=O) groups is 4. The van der Waals surface area contributed by atoms with Crippen molar-refractivity contribution in [2.24, 2.45) is 0 Å². The van der Waals surface area contributed by atoms with Gasteiger partial charge in [0, 0.05) is 53.5 Å². The van der Waals surface area contributed by atoms with Crippen LogP contribution in [0.4, 0.5) is 0 Å². The summed E-state index contributed by atoms with van der Waals surface area (Å²) >= 11 is 5.42. The second kappa shape index (κ2) is 17.2. The summed E-state index contributed by atoms with van der Waals surface area (Å²) < 4.78 is 4.84. The van der Waals surface area contributed by atoms with Crippen molar-refractivity contribution < 1.29 is 23.9 Å². The Bertz CT molecular complexity index is 1510. The molecular weight excluding hydrogens is 598 g/mol. The molecule has 1 unspecified atom stereocenters. The van der Waals surface area contributed by atoms with Crippen LogP contribution in [0.1, 0.15) is 64.0 Å². The van der Waals surface area contributed by atoms with E-state index in [0.29, 0.717) is 25.8 Å². The highest BCUT2D eigenvalue weighted by atomic mass is 35.5. The number of esters is 1. The van der Waals surface area contributed by atoms with Gasteiger partial charge in [0.15, 0.2) is 0 Å². The van der Waals surface area contributed by atoms with Crippen LogP contribution in [0.25, 0.3) is 21.8 Å². The smallest absolute Gasteiger partial charge is 0.328 e. The first-order valence-corrected chi connectivity index (χ1v) is 15.7. The van der Waals surface area contributed by atoms with E-state index in [0.717, 1.165) is 40.2 Å². The lowest BCUT2D eigenvalue weighted by atomic mass is 10.0. The third-order valence-corrected chi connectivity index (χ3v) is 7.67. The molecule has 3 aromatic rings. The van der Waals surface area contributed by atoms with E-state index in [1.165, 1.54) is 19.6 Å². The first-order chi connectivity index (χ1) is 21.6. The van der Waals surface area contributed by atoms with Crippen LogP contribution in [0, 0.1) is 5.41 Å². The zero-order chi connectivity index (χ0) is 32.9. The van der Waals surface area contributed by atoms with Gasteiger partial charge < -0.3 is 31.0 Å². The number of nitrogens with one attached hydrogen (secondary N) is 7. The van der Waals surface area contributed by atoms with Crippen LogP contribution in [0.15, 0.2) is 36.4 Å². The molecule has 3 amide bonds. The average molecular weight is 642 g/mol. The number of aromatic nitrogens is 1. The van der Waals surface area contributed by atoms with Crippen molar-refractivity contribution in [3.05, 3.63) is 47.5 Å². The highest BCUT2D eigenvalue weighted by Crippen LogP contribution is 2.28. The van der Waals surface area contributed by atoms with E-state index < -0.39 is 41.8 Å². The normalized spacial score (nSPS) is 13.0. The number of rotatable bonds is 16. The second-order valence-corrected chi connectivity index (χ2v) is 11.3. The summed E-state index contributed by atoms with van der Waals surface area (Å²) in [5, 5.41) is 20.6. The van der Waals surface area contributed by atoms with Gasteiger partial charge in [0.2, 0.25) is 23.7 Å². The van der Waals surface area contributed by atoms with E-state index in [4.69, 9.17) is 21.9 Å². The number of methoxy groups -OCH3 is 1. The number of guanidine groups is 1. The minimum absolute atomic E-state index is 0.102. The maximum atomic E-state index is 13.6. The number of halogens is 1. The Balaban J connectivity index is 1.84. The largest absolute Gasteiger partial charge is 0.467 e. The Morgan fingerprint density at radius 2 is 1.49 bits per heavy atom. The molecule has 1 aromatic heterocycles. The fraction of sp³-hybridized carbons (Fsp3) is 0.469. The van der Waals surface area contributed by atoms with Gasteiger partial charge in [-0.2, -0.15) is 0 Å². The van der Waals surface area contributed by atoms with Crippen molar-refractivity contribution in [3.63, 3.8) is 0 Å². The maximum Gasteiger partial charge on any atom is 0.328 e. The van der Waals surface area contributed by atoms with Gasteiger partial charge in [0.05, 0.1) is 7.11 Å². The monoisotopic (exact) mass is 641 g/mol. The lowest BCUT2D eigenvalue weighted by molar-refractivity contribution is -0.145. The van der Waals surface area contributed by atoms with Gasteiger partial charge in [-0.05, 0) is 61.1 Å². The molecule has 0 fully saturated rings. The van der Waals surface area contributed by atoms with Crippen LogP contribution in [-0.4, -0.2) is 66.4 Å². The van der Waals surface area contributed by atoms with Gasteiger partial charge in [-0.25, -0.2) is 4.79 Å². The number of amides is 3. The Morgan fingerprint density at radius 3 is 2.09 bits per heavy atom. The van der Waals surface area contributed by atoms with Gasteiger partial charge in [-0.3, -0.25) is 24.6 Å². The Kier molecular flexibility index (Phi) is 13.5. The standard InChI is InChI=1S/C32H44ClN7O5/c1-5-8-20-11-13-24-22(16-20)23-17-21(12-14-25(23)37-24)18-28(36-19(3)41)30(43)38-26(10-7-15-35-32(34)40-33)29(42)39-27(9-6-2)31(44)45-4/h11-14,16-17,26-28,37H,5-10,15,18H2,1-4H3,(H,36,41)(H,38,43)(H,39,42)(H3,34,35,40)/t26-,27+,28?/m1/s1. The molecule has 0 radical (unpaired) electrons. The van der Waals surface area contributed by atoms with Crippen molar-refractivity contribution in [3.8, 4) is 0 Å². The number of aryl methyl sites for hydroxylation is 1. The van der Waals surface area contributed by atoms with Gasteiger partial charge in [-0.1, -0.05) is 38.8 Å². The number of carbonyl (C=O) groups excluding carboxylic acids is 4. The summed E-state index contributed by atoms with van der Waals surface area (Å²) in [5.74, 6) is -2.16. The third kappa shape index (κ3) is 10.1. The fourth-order valence-corrected chi connectivity index (χ4v) is 5.37. The Hall–Kier alpha value is -4.32. The van der Waals surface area contributed by atoms with Crippen LogP contribution in [0.5, 0.6) is 0 Å². The van der Waals surface area contributed by atoms with E-state index in [2.05, 4.69) is 56.2 Å². The molecule has 0 aliphatic rings. The summed E-state index contributed by atoms with van der Waals surface area (Å²) in [6.45, 7) is 5.65. The maximum absolute atomic E-state index is 13.6. The van der Waals surface area contributed by atoms with E-state index in [-0.39, 0.29) is 18.8 Å². The highest BCUT2D eigenvalue weighted by molar-refractivity contribution is 6.21. The summed E-state index contributed by atoms with van der Waals surface area (Å²) in [5.41, 5.74) is 4.07. The van der Waals surface area contributed by atoms with Crippen LogP contribution in [0.3, 0.4) is 0 Å². The molecule has 0 aliphatic heterocycles. The Labute approximate surface area is 268 Å². The topological polar surface area (TPSA) is 177 Å². The zero-order valence-corrected chi connectivity index (χ0v) is 27.0. The predicted molar refractivity (Wildman–Crippen MR) is 176 cm³/mol. The zero-order valence-electron chi connectivity index (χ0n) is 26.3. The number of aromatic amines is 1. The first kappa shape index (κ1) is 35.2. The Morgan fingerprint density at radius 1 is 0.867 bits per heavy atom. The van der Waals surface area contributed by atoms with Crippen LogP contribution in [-0.2, 0) is 36.8 Å². The number of ether oxygens (including phenoxy) is 1. The van der Waals surface area contributed by atoms with Crippen molar-refractivity contribution in [2.75, 3.05) is 13.7 Å². The van der Waals surface area contributed by atoms with E-state index >= 15 is 0 Å². The molecule has 7 N–H and O–H groups in total. The molecule has 2 aromatic carbocycles. The molecule has 3 atom stereocenters. The fourth-order valence-electron chi connectivity index (χ4n) is 5.30. The molecule has 0 saturated heterocycles. The lowest BCUT2D eigenvalue weighted by Gasteiger charge is -2.25. The van der Waals surface area contributed by atoms with Crippen LogP contribution in [0.2, 0.25) is 0 Å². The SMILES string of the molecule is CCCc1ccc2[nH]c3ccc(CC(NC(C)=O)C(=O)N[C@H](CCCNC(=N)NCl)C(=O)N[C@@H](CCC)C(=O)OC)cc3c2c1. The molecule has 45 heavy (non-hydrogen) atoms. The van der Waals surface area contributed by atoms with Gasteiger partial charge >= 0.3 is 5.97 Å². The summed E-state index contributed by atoms with van der Waals surface area (Å²) in [6.07, 6.45) is 3.77. The van der Waals surface area contributed by atoms with Gasteiger partial charge in [0.25, 0.3) is 0 Å². The minimum atomic E-state index is -1.02. The molecule has 0 spiro atoms. The quantitative estimate of drug-likeness (QED) is 0.0412. The average Bonchev–Trinajstić information content (AvgIpc) is 3.38. The number of hydrogen-bond donors (Lipinski definition) is 7. The van der Waals surface area contributed by atoms with Crippen molar-refractivity contribution in [1.82, 2.24) is 31.1 Å². The van der Waals surface area contributed by atoms with E-state index in [9.17, 15) is 19.2 Å². The second-order valence-electron chi connectivity index (χ2n) is 11.1. The van der Waals surface area contributed by atoms with Crippen molar-refractivity contribution >= 4 is 63.2 Å². The molecular formula is C32H44ClN7O5. The molecule has 13 heteroatoms. The van der Waals surface area contributed by atoms with Gasteiger partial charge in [-0.15, -0.1) is 0 Å². The summed E-state index contributed by atoms with van der Waals surface area (Å²) in [6, 6.07) is 9.42.